The predicted octanol–water partition coefficient (Wildman–Crippen LogP) is 7.61. The summed E-state index contributed by atoms with van der Waals surface area (Å²) in [5, 5.41) is 5.51. The van der Waals surface area contributed by atoms with Crippen LogP contribution in [0.2, 0.25) is 5.02 Å². The predicted molar refractivity (Wildman–Crippen MR) is 147 cm³/mol. The maximum atomic E-state index is 13.3. The van der Waals surface area contributed by atoms with Crippen molar-refractivity contribution in [1.82, 2.24) is 14.7 Å². The van der Waals surface area contributed by atoms with E-state index in [2.05, 4.69) is 13.8 Å². The average Bonchev–Trinajstić information content (AvgIpc) is 3.39. The minimum atomic E-state index is -0.0144. The fourth-order valence-corrected chi connectivity index (χ4v) is 5.40. The molecular formula is C27H28ClN3OS2. The van der Waals surface area contributed by atoms with Crippen molar-refractivity contribution in [3.8, 4) is 16.9 Å². The number of thiocarbonyl (C=S) groups is 1. The van der Waals surface area contributed by atoms with Crippen LogP contribution in [0.4, 0.5) is 0 Å². The smallest absolute Gasteiger partial charge is 0.266 e. The van der Waals surface area contributed by atoms with Crippen LogP contribution < -0.4 is 0 Å². The van der Waals surface area contributed by atoms with Crippen LogP contribution in [0.3, 0.4) is 0 Å². The molecule has 0 radical (unpaired) electrons. The fraction of sp³-hybridized carbons (Fsp3) is 0.296. The number of amides is 1. The number of carbonyl (C=O) groups is 1. The molecule has 1 aromatic heterocycles. The molecule has 3 aromatic rings. The van der Waals surface area contributed by atoms with E-state index in [0.717, 1.165) is 41.8 Å². The number of aromatic nitrogens is 2. The highest BCUT2D eigenvalue weighted by molar-refractivity contribution is 8.26. The molecule has 0 aliphatic carbocycles. The van der Waals surface area contributed by atoms with Crippen LogP contribution in [0.25, 0.3) is 23.0 Å². The second-order valence-corrected chi connectivity index (χ2v) is 10.5. The van der Waals surface area contributed by atoms with Crippen LogP contribution in [0, 0.1) is 5.92 Å². The number of hydrogen-bond donors (Lipinski definition) is 0. The normalized spacial score (nSPS) is 16.0. The number of nitrogens with zero attached hydrogens (tertiary/aromatic N) is 3. The van der Waals surface area contributed by atoms with Crippen molar-refractivity contribution in [2.45, 2.75) is 39.5 Å². The highest BCUT2D eigenvalue weighted by atomic mass is 35.5. The number of benzene rings is 2. The van der Waals surface area contributed by atoms with Gasteiger partial charge >= 0.3 is 0 Å². The van der Waals surface area contributed by atoms with Crippen LogP contribution in [0.15, 0.2) is 65.7 Å². The van der Waals surface area contributed by atoms with Crippen LogP contribution in [0.1, 0.15) is 45.1 Å². The molecule has 0 N–H and O–H groups in total. The summed E-state index contributed by atoms with van der Waals surface area (Å²) in [7, 11) is 0. The van der Waals surface area contributed by atoms with Gasteiger partial charge < -0.3 is 0 Å². The zero-order chi connectivity index (χ0) is 24.1. The Morgan fingerprint density at radius 1 is 1.12 bits per heavy atom. The lowest BCUT2D eigenvalue weighted by Crippen LogP contribution is -2.33. The van der Waals surface area contributed by atoms with E-state index < -0.39 is 0 Å². The molecule has 176 valence electrons. The van der Waals surface area contributed by atoms with Gasteiger partial charge in [-0.15, -0.1) is 0 Å². The van der Waals surface area contributed by atoms with Gasteiger partial charge in [0.15, 0.2) is 0 Å². The Kier molecular flexibility index (Phi) is 8.24. The number of hydrogen-bond acceptors (Lipinski definition) is 4. The number of para-hydroxylation sites is 1. The molecular weight excluding hydrogens is 482 g/mol. The van der Waals surface area contributed by atoms with E-state index in [1.54, 1.807) is 4.90 Å². The van der Waals surface area contributed by atoms with Gasteiger partial charge in [-0.1, -0.05) is 99.0 Å². The third-order valence-corrected chi connectivity index (χ3v) is 7.65. The van der Waals surface area contributed by atoms with E-state index in [1.165, 1.54) is 18.2 Å². The summed E-state index contributed by atoms with van der Waals surface area (Å²) >= 11 is 13.1. The molecule has 0 spiro atoms. The van der Waals surface area contributed by atoms with E-state index in [4.69, 9.17) is 28.9 Å². The van der Waals surface area contributed by atoms with Crippen molar-refractivity contribution in [1.29, 1.82) is 0 Å². The van der Waals surface area contributed by atoms with Crippen LogP contribution >= 0.6 is 35.6 Å². The van der Waals surface area contributed by atoms with E-state index >= 15 is 0 Å². The maximum Gasteiger partial charge on any atom is 0.266 e. The van der Waals surface area contributed by atoms with Gasteiger partial charge in [-0.25, -0.2) is 4.68 Å². The van der Waals surface area contributed by atoms with Crippen LogP contribution in [0.5, 0.6) is 0 Å². The third-order valence-electron chi connectivity index (χ3n) is 6.03. The summed E-state index contributed by atoms with van der Waals surface area (Å²) in [6.07, 6.45) is 8.37. The summed E-state index contributed by atoms with van der Waals surface area (Å²) in [5.41, 5.74) is 3.54. The molecule has 0 unspecified atom stereocenters. The molecule has 2 aromatic carbocycles. The molecule has 4 rings (SSSR count). The Morgan fingerprint density at radius 2 is 1.85 bits per heavy atom. The van der Waals surface area contributed by atoms with E-state index in [0.29, 0.717) is 26.7 Å². The molecule has 4 nitrogen and oxygen atoms in total. The Bertz CT molecular complexity index is 1190. The zero-order valence-corrected chi connectivity index (χ0v) is 21.8. The number of thioether (sulfide) groups is 1. The standard InChI is InChI=1S/C27H28ClN3OS2/c1-3-5-9-19(4-2)17-30-26(32)24(34-27(30)33)16-21-18-31(23-10-7-6-8-11-23)29-25(21)20-12-14-22(28)15-13-20/h6-8,10-16,18-19H,3-5,9,17H2,1-2H3/b24-16+/t19-/m1/s1. The Balaban J connectivity index is 1.67. The minimum absolute atomic E-state index is 0.0144. The minimum Gasteiger partial charge on any atom is -0.293 e. The average molecular weight is 510 g/mol. The van der Waals surface area contributed by atoms with Crippen molar-refractivity contribution >= 4 is 51.9 Å². The molecule has 34 heavy (non-hydrogen) atoms. The van der Waals surface area contributed by atoms with Gasteiger partial charge in [-0.05, 0) is 42.7 Å². The van der Waals surface area contributed by atoms with E-state index in [1.807, 2.05) is 71.6 Å². The first-order valence-corrected chi connectivity index (χ1v) is 13.3. The summed E-state index contributed by atoms with van der Waals surface area (Å²) in [6, 6.07) is 17.5. The monoisotopic (exact) mass is 509 g/mol. The molecule has 7 heteroatoms. The summed E-state index contributed by atoms with van der Waals surface area (Å²) in [6.45, 7) is 5.07. The van der Waals surface area contributed by atoms with E-state index in [9.17, 15) is 4.79 Å². The lowest BCUT2D eigenvalue weighted by molar-refractivity contribution is -0.122. The van der Waals surface area contributed by atoms with Crippen molar-refractivity contribution < 1.29 is 4.79 Å². The van der Waals surface area contributed by atoms with Gasteiger partial charge in [-0.3, -0.25) is 9.69 Å². The van der Waals surface area contributed by atoms with Crippen molar-refractivity contribution in [2.24, 2.45) is 5.92 Å². The van der Waals surface area contributed by atoms with Crippen molar-refractivity contribution in [3.63, 3.8) is 0 Å². The van der Waals surface area contributed by atoms with Crippen LogP contribution in [-0.4, -0.2) is 31.5 Å². The Hall–Kier alpha value is -2.41. The molecule has 1 saturated heterocycles. The van der Waals surface area contributed by atoms with E-state index in [-0.39, 0.29) is 5.91 Å². The Labute approximate surface area is 216 Å². The number of rotatable bonds is 9. The van der Waals surface area contributed by atoms with Gasteiger partial charge in [0, 0.05) is 28.9 Å². The first-order chi connectivity index (χ1) is 16.5. The Morgan fingerprint density at radius 3 is 2.53 bits per heavy atom. The molecule has 2 heterocycles. The van der Waals surface area contributed by atoms with Gasteiger partial charge in [0.1, 0.15) is 4.32 Å². The van der Waals surface area contributed by atoms with Gasteiger partial charge in [0.05, 0.1) is 16.3 Å². The van der Waals surface area contributed by atoms with Crippen molar-refractivity contribution in [3.05, 3.63) is 76.3 Å². The first-order valence-electron chi connectivity index (χ1n) is 11.7. The summed E-state index contributed by atoms with van der Waals surface area (Å²) < 4.78 is 2.48. The second kappa shape index (κ2) is 11.3. The van der Waals surface area contributed by atoms with Gasteiger partial charge in [0.25, 0.3) is 5.91 Å². The third kappa shape index (κ3) is 5.62. The maximum absolute atomic E-state index is 13.3. The molecule has 0 bridgehead atoms. The summed E-state index contributed by atoms with van der Waals surface area (Å²) in [5.74, 6) is 0.451. The fourth-order valence-electron chi connectivity index (χ4n) is 4.01. The first kappa shape index (κ1) is 24.7. The highest BCUT2D eigenvalue weighted by Gasteiger charge is 2.33. The number of carbonyl (C=O) groups excluding carboxylic acids is 1. The molecule has 1 amide bonds. The SMILES string of the molecule is CCCC[C@@H](CC)CN1C(=O)/C(=C\c2cn(-c3ccccc3)nc2-c2ccc(Cl)cc2)SC1=S. The number of unbranched alkanes of at least 4 members (excludes halogenated alkanes) is 1. The van der Waals surface area contributed by atoms with Crippen LogP contribution in [-0.2, 0) is 4.79 Å². The molecule has 1 atom stereocenters. The molecule has 1 fully saturated rings. The van der Waals surface area contributed by atoms with Gasteiger partial charge in [0.2, 0.25) is 0 Å². The topological polar surface area (TPSA) is 38.1 Å². The lowest BCUT2D eigenvalue weighted by atomic mass is 9.99. The van der Waals surface area contributed by atoms with Crippen molar-refractivity contribution in [2.75, 3.05) is 6.54 Å². The molecule has 0 saturated carbocycles. The quantitative estimate of drug-likeness (QED) is 0.220. The number of halogens is 1. The lowest BCUT2D eigenvalue weighted by Gasteiger charge is -2.21. The molecule has 1 aliphatic rings. The second-order valence-electron chi connectivity index (χ2n) is 8.43. The largest absolute Gasteiger partial charge is 0.293 e. The molecule has 1 aliphatic heterocycles. The zero-order valence-electron chi connectivity index (χ0n) is 19.4. The highest BCUT2D eigenvalue weighted by Crippen LogP contribution is 2.36. The summed E-state index contributed by atoms with van der Waals surface area (Å²) in [4.78, 5) is 15.7. The van der Waals surface area contributed by atoms with Gasteiger partial charge in [-0.2, -0.15) is 5.10 Å².